The molecule has 114 valence electrons. The minimum atomic E-state index is -3.61. The normalized spacial score (nSPS) is 20.1. The number of H-pyrrole nitrogens is 1. The quantitative estimate of drug-likeness (QED) is 0.765. The zero-order valence-electron chi connectivity index (χ0n) is 11.3. The first kappa shape index (κ1) is 15.5. The summed E-state index contributed by atoms with van der Waals surface area (Å²) in [4.78, 5) is 3.10. The standard InChI is InChI=1S/C11H19N3O4S2/c1-2-12-8-10-7-11(9-13-10)20(17,18)14-3-5-19(15,16)6-4-14/h7,9,12-13H,2-6,8H2,1H3. The van der Waals surface area contributed by atoms with Gasteiger partial charge in [-0.05, 0) is 12.6 Å². The zero-order chi connectivity index (χ0) is 14.8. The number of sulfonamides is 1. The molecule has 0 aliphatic carbocycles. The lowest BCUT2D eigenvalue weighted by molar-refractivity contribution is 0.431. The Balaban J connectivity index is 2.12. The fourth-order valence-electron chi connectivity index (χ4n) is 2.01. The summed E-state index contributed by atoms with van der Waals surface area (Å²) in [6.07, 6.45) is 1.45. The predicted molar refractivity (Wildman–Crippen MR) is 75.6 cm³/mol. The van der Waals surface area contributed by atoms with Gasteiger partial charge in [-0.25, -0.2) is 16.8 Å². The average Bonchev–Trinajstić information content (AvgIpc) is 2.85. The Bertz CT molecular complexity index is 650. The lowest BCUT2D eigenvalue weighted by Crippen LogP contribution is -2.43. The number of nitrogens with one attached hydrogen (secondary N) is 2. The highest BCUT2D eigenvalue weighted by molar-refractivity contribution is 7.92. The van der Waals surface area contributed by atoms with Crippen molar-refractivity contribution in [2.24, 2.45) is 0 Å². The van der Waals surface area contributed by atoms with Gasteiger partial charge in [-0.1, -0.05) is 6.92 Å². The maximum Gasteiger partial charge on any atom is 0.244 e. The summed E-state index contributed by atoms with van der Waals surface area (Å²) in [5.41, 5.74) is 0.787. The molecule has 0 atom stereocenters. The predicted octanol–water partition coefficient (Wildman–Crippen LogP) is -0.457. The Kier molecular flexibility index (Phi) is 4.52. The van der Waals surface area contributed by atoms with E-state index >= 15 is 0 Å². The van der Waals surface area contributed by atoms with Gasteiger partial charge in [0.1, 0.15) is 0 Å². The molecule has 0 unspecified atom stereocenters. The third-order valence-corrected chi connectivity index (χ3v) is 6.71. The summed E-state index contributed by atoms with van der Waals surface area (Å²) >= 11 is 0. The van der Waals surface area contributed by atoms with Crippen molar-refractivity contribution in [1.82, 2.24) is 14.6 Å². The number of sulfone groups is 1. The van der Waals surface area contributed by atoms with E-state index < -0.39 is 19.9 Å². The largest absolute Gasteiger partial charge is 0.363 e. The highest BCUT2D eigenvalue weighted by Crippen LogP contribution is 2.19. The van der Waals surface area contributed by atoms with Crippen molar-refractivity contribution >= 4 is 19.9 Å². The number of aromatic nitrogens is 1. The molecule has 20 heavy (non-hydrogen) atoms. The van der Waals surface area contributed by atoms with Crippen molar-refractivity contribution in [3.8, 4) is 0 Å². The molecule has 2 N–H and O–H groups in total. The van der Waals surface area contributed by atoms with Crippen LogP contribution in [-0.2, 0) is 26.4 Å². The minimum Gasteiger partial charge on any atom is -0.363 e. The van der Waals surface area contributed by atoms with Crippen LogP contribution in [0.2, 0.25) is 0 Å². The number of hydrogen-bond acceptors (Lipinski definition) is 5. The molecule has 1 aromatic rings. The van der Waals surface area contributed by atoms with E-state index in [1.54, 1.807) is 6.07 Å². The molecule has 9 heteroatoms. The third kappa shape index (κ3) is 3.40. The van der Waals surface area contributed by atoms with Gasteiger partial charge in [0.25, 0.3) is 0 Å². The first-order chi connectivity index (χ1) is 9.35. The van der Waals surface area contributed by atoms with E-state index in [1.165, 1.54) is 10.5 Å². The molecule has 1 aliphatic heterocycles. The Labute approximate surface area is 119 Å². The molecule has 1 saturated heterocycles. The van der Waals surface area contributed by atoms with Gasteiger partial charge in [0.05, 0.1) is 16.4 Å². The van der Waals surface area contributed by atoms with Crippen LogP contribution in [0.4, 0.5) is 0 Å². The number of nitrogens with zero attached hydrogens (tertiary/aromatic N) is 1. The van der Waals surface area contributed by atoms with Crippen LogP contribution in [-0.4, -0.2) is 57.3 Å². The van der Waals surface area contributed by atoms with Crippen molar-refractivity contribution in [2.75, 3.05) is 31.1 Å². The summed E-state index contributed by atoms with van der Waals surface area (Å²) in [7, 11) is -6.70. The van der Waals surface area contributed by atoms with E-state index in [0.717, 1.165) is 12.2 Å². The van der Waals surface area contributed by atoms with E-state index in [1.807, 2.05) is 6.92 Å². The maximum absolute atomic E-state index is 12.4. The van der Waals surface area contributed by atoms with Crippen LogP contribution in [0.1, 0.15) is 12.6 Å². The molecule has 7 nitrogen and oxygen atoms in total. The van der Waals surface area contributed by atoms with E-state index in [0.29, 0.717) is 6.54 Å². The summed E-state index contributed by atoms with van der Waals surface area (Å²) in [5, 5.41) is 3.10. The van der Waals surface area contributed by atoms with Gasteiger partial charge in [0, 0.05) is 31.5 Å². The molecule has 0 bridgehead atoms. The monoisotopic (exact) mass is 321 g/mol. The summed E-state index contributed by atoms with van der Waals surface area (Å²) in [5.74, 6) is -0.220. The van der Waals surface area contributed by atoms with Crippen molar-refractivity contribution in [3.05, 3.63) is 18.0 Å². The van der Waals surface area contributed by atoms with Gasteiger partial charge >= 0.3 is 0 Å². The van der Waals surface area contributed by atoms with Gasteiger partial charge in [-0.15, -0.1) is 0 Å². The van der Waals surface area contributed by atoms with Crippen molar-refractivity contribution in [1.29, 1.82) is 0 Å². The van der Waals surface area contributed by atoms with Crippen LogP contribution in [0.5, 0.6) is 0 Å². The minimum absolute atomic E-state index is 0.0262. The van der Waals surface area contributed by atoms with Crippen molar-refractivity contribution < 1.29 is 16.8 Å². The van der Waals surface area contributed by atoms with Gasteiger partial charge in [0.15, 0.2) is 9.84 Å². The lowest BCUT2D eigenvalue weighted by Gasteiger charge is -2.25. The van der Waals surface area contributed by atoms with Gasteiger partial charge in [-0.2, -0.15) is 4.31 Å². The average molecular weight is 321 g/mol. The van der Waals surface area contributed by atoms with E-state index in [9.17, 15) is 16.8 Å². The van der Waals surface area contributed by atoms with E-state index in [2.05, 4.69) is 10.3 Å². The van der Waals surface area contributed by atoms with Gasteiger partial charge < -0.3 is 10.3 Å². The number of hydrogen-bond donors (Lipinski definition) is 2. The Morgan fingerprint density at radius 1 is 1.35 bits per heavy atom. The van der Waals surface area contributed by atoms with E-state index in [4.69, 9.17) is 0 Å². The van der Waals surface area contributed by atoms with Crippen LogP contribution in [0.15, 0.2) is 17.2 Å². The van der Waals surface area contributed by atoms with Crippen molar-refractivity contribution in [3.63, 3.8) is 0 Å². The third-order valence-electron chi connectivity index (χ3n) is 3.22. The maximum atomic E-state index is 12.4. The van der Waals surface area contributed by atoms with Crippen molar-refractivity contribution in [2.45, 2.75) is 18.4 Å². The van der Waals surface area contributed by atoms with Crippen LogP contribution >= 0.6 is 0 Å². The Morgan fingerprint density at radius 3 is 2.60 bits per heavy atom. The highest BCUT2D eigenvalue weighted by Gasteiger charge is 2.31. The Hall–Kier alpha value is -0.900. The molecule has 0 saturated carbocycles. The molecular formula is C11H19N3O4S2. The molecule has 2 heterocycles. The second-order valence-electron chi connectivity index (χ2n) is 4.70. The topological polar surface area (TPSA) is 99.3 Å². The second kappa shape index (κ2) is 5.84. The summed E-state index contributed by atoms with van der Waals surface area (Å²) < 4.78 is 48.7. The molecule has 1 aromatic heterocycles. The molecule has 0 aromatic carbocycles. The smallest absolute Gasteiger partial charge is 0.244 e. The van der Waals surface area contributed by atoms with Crippen LogP contribution in [0.25, 0.3) is 0 Å². The van der Waals surface area contributed by atoms with E-state index in [-0.39, 0.29) is 29.5 Å². The van der Waals surface area contributed by atoms with Crippen LogP contribution in [0.3, 0.4) is 0 Å². The van der Waals surface area contributed by atoms with Gasteiger partial charge in [0.2, 0.25) is 10.0 Å². The summed E-state index contributed by atoms with van der Waals surface area (Å²) in [6, 6.07) is 1.58. The SMILES string of the molecule is CCNCc1cc(S(=O)(=O)N2CCS(=O)(=O)CC2)c[nH]1. The first-order valence-electron chi connectivity index (χ1n) is 6.44. The molecule has 1 fully saturated rings. The molecule has 0 spiro atoms. The van der Waals surface area contributed by atoms with Gasteiger partial charge in [-0.3, -0.25) is 0 Å². The molecule has 0 radical (unpaired) electrons. The molecular weight excluding hydrogens is 302 g/mol. The fraction of sp³-hybridized carbons (Fsp3) is 0.636. The number of aromatic amines is 1. The molecule has 2 rings (SSSR count). The van der Waals surface area contributed by atoms with Crippen LogP contribution in [0, 0.1) is 0 Å². The second-order valence-corrected chi connectivity index (χ2v) is 8.94. The molecule has 0 amide bonds. The number of rotatable bonds is 5. The lowest BCUT2D eigenvalue weighted by atomic mass is 10.4. The fourth-order valence-corrected chi connectivity index (χ4v) is 4.91. The highest BCUT2D eigenvalue weighted by atomic mass is 32.2. The molecule has 1 aliphatic rings. The summed E-state index contributed by atoms with van der Waals surface area (Å²) in [6.45, 7) is 3.39. The Morgan fingerprint density at radius 2 is 2.00 bits per heavy atom. The zero-order valence-corrected chi connectivity index (χ0v) is 12.9. The first-order valence-corrected chi connectivity index (χ1v) is 9.70. The van der Waals surface area contributed by atoms with Crippen LogP contribution < -0.4 is 5.32 Å².